The van der Waals surface area contributed by atoms with Crippen LogP contribution >= 0.6 is 23.6 Å². The van der Waals surface area contributed by atoms with Crippen molar-refractivity contribution in [2.24, 2.45) is 0 Å². The molecule has 31 heavy (non-hydrogen) atoms. The molecule has 0 aliphatic rings. The fraction of sp³-hybridized carbons (Fsp3) is 0.0870. The standard InChI is InChI=1S/C23H20N4O2S2/c1-29-22(28)19-14-20(17-6-3-2-4-7-17)31-21(19)26-23(30)25-18-10-8-16(9-11-18)15-27-13-5-12-24-27/h2-14H,15H2,1H3,(H2,25,26,30). The number of nitrogens with zero attached hydrogens (tertiary/aromatic N) is 2. The van der Waals surface area contributed by atoms with E-state index in [1.54, 1.807) is 6.20 Å². The van der Waals surface area contributed by atoms with Gasteiger partial charge in [-0.15, -0.1) is 11.3 Å². The molecular weight excluding hydrogens is 428 g/mol. The van der Waals surface area contributed by atoms with Crippen molar-refractivity contribution in [2.45, 2.75) is 6.54 Å². The zero-order valence-electron chi connectivity index (χ0n) is 16.7. The fourth-order valence-electron chi connectivity index (χ4n) is 3.03. The topological polar surface area (TPSA) is 68.2 Å². The van der Waals surface area contributed by atoms with Gasteiger partial charge in [-0.2, -0.15) is 5.10 Å². The maximum Gasteiger partial charge on any atom is 0.340 e. The quantitative estimate of drug-likeness (QED) is 0.310. The van der Waals surface area contributed by atoms with E-state index < -0.39 is 5.97 Å². The van der Waals surface area contributed by atoms with E-state index in [1.807, 2.05) is 77.6 Å². The van der Waals surface area contributed by atoms with Gasteiger partial charge < -0.3 is 15.4 Å². The number of benzene rings is 2. The molecule has 0 fully saturated rings. The number of aromatic nitrogens is 2. The van der Waals surface area contributed by atoms with Gasteiger partial charge >= 0.3 is 5.97 Å². The highest BCUT2D eigenvalue weighted by Crippen LogP contribution is 2.36. The van der Waals surface area contributed by atoms with Crippen molar-refractivity contribution in [1.82, 2.24) is 9.78 Å². The van der Waals surface area contributed by atoms with E-state index in [9.17, 15) is 4.79 Å². The number of ether oxygens (including phenoxy) is 1. The molecule has 156 valence electrons. The van der Waals surface area contributed by atoms with Gasteiger partial charge in [0.15, 0.2) is 5.11 Å². The van der Waals surface area contributed by atoms with Crippen LogP contribution in [0.2, 0.25) is 0 Å². The van der Waals surface area contributed by atoms with Crippen LogP contribution in [0.3, 0.4) is 0 Å². The van der Waals surface area contributed by atoms with Crippen molar-refractivity contribution in [2.75, 3.05) is 17.7 Å². The largest absolute Gasteiger partial charge is 0.465 e. The minimum atomic E-state index is -0.410. The van der Waals surface area contributed by atoms with E-state index in [-0.39, 0.29) is 0 Å². The molecule has 0 aliphatic carbocycles. The number of carbonyl (C=O) groups excluding carboxylic acids is 1. The van der Waals surface area contributed by atoms with Gasteiger partial charge in [-0.3, -0.25) is 4.68 Å². The predicted octanol–water partition coefficient (Wildman–Crippen LogP) is 5.26. The van der Waals surface area contributed by atoms with Gasteiger partial charge in [0.2, 0.25) is 0 Å². The third-order valence-electron chi connectivity index (χ3n) is 4.54. The number of anilines is 2. The van der Waals surface area contributed by atoms with Gasteiger partial charge in [-0.1, -0.05) is 42.5 Å². The van der Waals surface area contributed by atoms with E-state index in [2.05, 4.69) is 15.7 Å². The summed E-state index contributed by atoms with van der Waals surface area (Å²) < 4.78 is 6.80. The molecule has 0 saturated carbocycles. The molecule has 0 atom stereocenters. The molecule has 0 bridgehead atoms. The van der Waals surface area contributed by atoms with E-state index >= 15 is 0 Å². The van der Waals surface area contributed by atoms with Crippen LogP contribution in [0.25, 0.3) is 10.4 Å². The van der Waals surface area contributed by atoms with E-state index in [4.69, 9.17) is 17.0 Å². The lowest BCUT2D eigenvalue weighted by molar-refractivity contribution is 0.0602. The first kappa shape index (κ1) is 20.8. The van der Waals surface area contributed by atoms with Crippen LogP contribution < -0.4 is 10.6 Å². The normalized spacial score (nSPS) is 10.5. The number of rotatable bonds is 6. The second-order valence-electron chi connectivity index (χ2n) is 6.69. The fourth-order valence-corrected chi connectivity index (χ4v) is 4.37. The molecule has 2 aromatic heterocycles. The zero-order chi connectivity index (χ0) is 21.6. The Balaban J connectivity index is 1.46. The Morgan fingerprint density at radius 3 is 2.55 bits per heavy atom. The van der Waals surface area contributed by atoms with Gasteiger partial charge in [0.1, 0.15) is 5.00 Å². The van der Waals surface area contributed by atoms with Crippen molar-refractivity contribution in [3.8, 4) is 10.4 Å². The van der Waals surface area contributed by atoms with E-state index in [0.29, 0.717) is 22.2 Å². The number of nitrogens with one attached hydrogen (secondary N) is 2. The van der Waals surface area contributed by atoms with Crippen molar-refractivity contribution in [3.63, 3.8) is 0 Å². The van der Waals surface area contributed by atoms with Crippen LogP contribution in [-0.2, 0) is 11.3 Å². The highest BCUT2D eigenvalue weighted by Gasteiger charge is 2.18. The van der Waals surface area contributed by atoms with Gasteiger partial charge in [0, 0.05) is 23.0 Å². The summed E-state index contributed by atoms with van der Waals surface area (Å²) in [5, 5.41) is 11.5. The van der Waals surface area contributed by atoms with Crippen LogP contribution in [0, 0.1) is 0 Å². The lowest BCUT2D eigenvalue weighted by atomic mass is 10.1. The first-order chi connectivity index (χ1) is 15.1. The zero-order valence-corrected chi connectivity index (χ0v) is 18.4. The minimum absolute atomic E-state index is 0.395. The molecule has 0 saturated heterocycles. The molecule has 8 heteroatoms. The number of methoxy groups -OCH3 is 1. The van der Waals surface area contributed by atoms with Crippen molar-refractivity contribution in [1.29, 1.82) is 0 Å². The number of esters is 1. The monoisotopic (exact) mass is 448 g/mol. The molecule has 6 nitrogen and oxygen atoms in total. The molecule has 4 aromatic rings. The first-order valence-corrected chi connectivity index (χ1v) is 10.8. The molecule has 0 unspecified atom stereocenters. The van der Waals surface area contributed by atoms with Crippen LogP contribution in [0.1, 0.15) is 15.9 Å². The Bertz CT molecular complexity index is 1170. The Labute approximate surface area is 189 Å². The lowest BCUT2D eigenvalue weighted by Gasteiger charge is -2.11. The number of hydrogen-bond donors (Lipinski definition) is 2. The smallest absolute Gasteiger partial charge is 0.340 e. The summed E-state index contributed by atoms with van der Waals surface area (Å²) in [5.41, 5.74) is 3.45. The Morgan fingerprint density at radius 2 is 1.87 bits per heavy atom. The van der Waals surface area contributed by atoms with E-state index in [0.717, 1.165) is 21.7 Å². The number of thiocarbonyl (C=S) groups is 1. The maximum absolute atomic E-state index is 12.3. The summed E-state index contributed by atoms with van der Waals surface area (Å²) in [6, 6.07) is 21.5. The van der Waals surface area contributed by atoms with Gasteiger partial charge in [0.25, 0.3) is 0 Å². The van der Waals surface area contributed by atoms with Gasteiger partial charge in [-0.25, -0.2) is 4.79 Å². The average molecular weight is 449 g/mol. The molecule has 2 aromatic carbocycles. The highest BCUT2D eigenvalue weighted by atomic mass is 32.1. The molecular formula is C23H20N4O2S2. The van der Waals surface area contributed by atoms with Crippen molar-refractivity contribution < 1.29 is 9.53 Å². The number of carbonyl (C=O) groups is 1. The van der Waals surface area contributed by atoms with E-state index in [1.165, 1.54) is 18.4 Å². The number of thiophene rings is 1. The summed E-state index contributed by atoms with van der Waals surface area (Å²) in [6.45, 7) is 0.704. The summed E-state index contributed by atoms with van der Waals surface area (Å²) in [4.78, 5) is 13.2. The molecule has 0 amide bonds. The Morgan fingerprint density at radius 1 is 1.10 bits per heavy atom. The summed E-state index contributed by atoms with van der Waals surface area (Å²) in [7, 11) is 1.37. The minimum Gasteiger partial charge on any atom is -0.465 e. The molecule has 0 aliphatic heterocycles. The third kappa shape index (κ3) is 5.17. The van der Waals surface area contributed by atoms with Crippen LogP contribution in [0.15, 0.2) is 79.1 Å². The van der Waals surface area contributed by atoms with Crippen LogP contribution in [0.5, 0.6) is 0 Å². The summed E-state index contributed by atoms with van der Waals surface area (Å²) >= 11 is 6.92. The molecule has 2 heterocycles. The van der Waals surface area contributed by atoms with Crippen molar-refractivity contribution in [3.05, 3.63) is 90.3 Å². The first-order valence-electron chi connectivity index (χ1n) is 9.54. The molecule has 2 N–H and O–H groups in total. The third-order valence-corrected chi connectivity index (χ3v) is 5.84. The average Bonchev–Trinajstić information content (AvgIpc) is 3.45. The molecule has 4 rings (SSSR count). The lowest BCUT2D eigenvalue weighted by Crippen LogP contribution is -2.19. The maximum atomic E-state index is 12.3. The summed E-state index contributed by atoms with van der Waals surface area (Å²) in [6.07, 6.45) is 3.69. The highest BCUT2D eigenvalue weighted by molar-refractivity contribution is 7.80. The van der Waals surface area contributed by atoms with Gasteiger partial charge in [-0.05, 0) is 47.6 Å². The second kappa shape index (κ2) is 9.55. The Hall–Kier alpha value is -3.49. The van der Waals surface area contributed by atoms with Crippen molar-refractivity contribution >= 4 is 45.3 Å². The SMILES string of the molecule is COC(=O)c1cc(-c2ccccc2)sc1NC(=S)Nc1ccc(Cn2cccn2)cc1. The predicted molar refractivity (Wildman–Crippen MR) is 129 cm³/mol. The Kier molecular flexibility index (Phi) is 6.40. The van der Waals surface area contributed by atoms with Gasteiger partial charge in [0.05, 0.1) is 19.2 Å². The summed E-state index contributed by atoms with van der Waals surface area (Å²) in [5.74, 6) is -0.410. The molecule has 0 radical (unpaired) electrons. The second-order valence-corrected chi connectivity index (χ2v) is 8.15. The number of hydrogen-bond acceptors (Lipinski definition) is 5. The van der Waals surface area contributed by atoms with Crippen LogP contribution in [-0.4, -0.2) is 28.0 Å². The van der Waals surface area contributed by atoms with Crippen LogP contribution in [0.4, 0.5) is 10.7 Å². The molecule has 0 spiro atoms.